The summed E-state index contributed by atoms with van der Waals surface area (Å²) in [4.78, 5) is 35.0. The minimum Gasteiger partial charge on any atom is -0.309 e. The molecule has 0 fully saturated rings. The van der Waals surface area contributed by atoms with E-state index in [4.69, 9.17) is 0 Å². The fourth-order valence-electron chi connectivity index (χ4n) is 3.11. The number of para-hydroxylation sites is 1. The van der Waals surface area contributed by atoms with Crippen LogP contribution in [-0.2, 0) is 11.3 Å². The van der Waals surface area contributed by atoms with Crippen LogP contribution in [0.2, 0.25) is 0 Å². The molecule has 2 aromatic heterocycles. The van der Waals surface area contributed by atoms with E-state index in [1.807, 2.05) is 0 Å². The number of aryl methyl sites for hydroxylation is 1. The molecule has 0 saturated carbocycles. The standard InChI is InChI=1S/C20H16N6O4/c1-13-10-19(25(23-13)14-6-8-15(9-7-14)26(29)30)22-20(28)12-24-17-5-3-2-4-16(17)18(27)11-21-24/h2-11H,12H2,1H3,(H,22,28). The molecule has 0 aliphatic carbocycles. The van der Waals surface area contributed by atoms with Crippen molar-refractivity contribution in [2.75, 3.05) is 5.32 Å². The Morgan fingerprint density at radius 1 is 1.17 bits per heavy atom. The van der Waals surface area contributed by atoms with Crippen LogP contribution in [0, 0.1) is 17.0 Å². The number of rotatable bonds is 5. The van der Waals surface area contributed by atoms with Crippen molar-refractivity contribution < 1.29 is 9.72 Å². The number of benzene rings is 2. The highest BCUT2D eigenvalue weighted by molar-refractivity contribution is 5.91. The van der Waals surface area contributed by atoms with Gasteiger partial charge in [0.1, 0.15) is 12.4 Å². The van der Waals surface area contributed by atoms with E-state index in [9.17, 15) is 19.7 Å². The van der Waals surface area contributed by atoms with Crippen LogP contribution >= 0.6 is 0 Å². The molecule has 1 amide bonds. The molecule has 1 N–H and O–H groups in total. The highest BCUT2D eigenvalue weighted by Crippen LogP contribution is 2.20. The number of aromatic nitrogens is 4. The predicted molar refractivity (Wildman–Crippen MR) is 110 cm³/mol. The molecule has 2 aromatic carbocycles. The number of carbonyl (C=O) groups is 1. The SMILES string of the molecule is Cc1cc(NC(=O)Cn2ncc(=O)c3ccccc32)n(-c2ccc([N+](=O)[O-])cc2)n1. The fourth-order valence-corrected chi connectivity index (χ4v) is 3.11. The Kier molecular flexibility index (Phi) is 4.80. The minimum absolute atomic E-state index is 0.0376. The van der Waals surface area contributed by atoms with Crippen LogP contribution in [0.1, 0.15) is 5.69 Å². The molecular formula is C20H16N6O4. The first-order valence-electron chi connectivity index (χ1n) is 8.98. The first-order chi connectivity index (χ1) is 14.4. The number of nitrogens with one attached hydrogen (secondary N) is 1. The van der Waals surface area contributed by atoms with E-state index in [1.54, 1.807) is 49.4 Å². The Morgan fingerprint density at radius 3 is 2.63 bits per heavy atom. The number of hydrogen-bond donors (Lipinski definition) is 1. The molecule has 0 saturated heterocycles. The number of hydrogen-bond acceptors (Lipinski definition) is 6. The summed E-state index contributed by atoms with van der Waals surface area (Å²) in [6.45, 7) is 1.67. The fraction of sp³-hybridized carbons (Fsp3) is 0.100. The average Bonchev–Trinajstić information content (AvgIpc) is 3.10. The van der Waals surface area contributed by atoms with Crippen LogP contribution in [0.4, 0.5) is 11.5 Å². The third-order valence-corrected chi connectivity index (χ3v) is 4.46. The van der Waals surface area contributed by atoms with E-state index in [-0.39, 0.29) is 23.6 Å². The van der Waals surface area contributed by atoms with E-state index >= 15 is 0 Å². The first-order valence-corrected chi connectivity index (χ1v) is 8.98. The van der Waals surface area contributed by atoms with Crippen LogP contribution in [0.5, 0.6) is 0 Å². The maximum Gasteiger partial charge on any atom is 0.269 e. The molecule has 0 unspecified atom stereocenters. The number of nitro groups is 1. The number of amides is 1. The maximum absolute atomic E-state index is 12.7. The number of nitrogens with zero attached hydrogens (tertiary/aromatic N) is 5. The lowest BCUT2D eigenvalue weighted by atomic mass is 10.2. The number of non-ortho nitro benzene ring substituents is 1. The molecule has 4 rings (SSSR count). The zero-order valence-electron chi connectivity index (χ0n) is 15.8. The molecule has 0 radical (unpaired) electrons. The highest BCUT2D eigenvalue weighted by atomic mass is 16.6. The summed E-state index contributed by atoms with van der Waals surface area (Å²) in [5.41, 5.74) is 1.53. The van der Waals surface area contributed by atoms with E-state index in [0.717, 1.165) is 0 Å². The molecule has 150 valence electrons. The van der Waals surface area contributed by atoms with Crippen molar-refractivity contribution in [2.45, 2.75) is 13.5 Å². The van der Waals surface area contributed by atoms with Crippen molar-refractivity contribution in [1.29, 1.82) is 0 Å². The molecule has 10 heteroatoms. The van der Waals surface area contributed by atoms with Gasteiger partial charge in [0.2, 0.25) is 11.3 Å². The summed E-state index contributed by atoms with van der Waals surface area (Å²) in [6.07, 6.45) is 1.18. The Morgan fingerprint density at radius 2 is 1.90 bits per heavy atom. The Balaban J connectivity index is 1.60. The molecule has 2 heterocycles. The Bertz CT molecular complexity index is 1320. The first kappa shape index (κ1) is 19.0. The van der Waals surface area contributed by atoms with Gasteiger partial charge in [0.15, 0.2) is 0 Å². The van der Waals surface area contributed by atoms with Gasteiger partial charge < -0.3 is 5.32 Å². The lowest BCUT2D eigenvalue weighted by Gasteiger charge is -2.11. The van der Waals surface area contributed by atoms with Gasteiger partial charge >= 0.3 is 0 Å². The quantitative estimate of drug-likeness (QED) is 0.402. The van der Waals surface area contributed by atoms with Crippen LogP contribution in [-0.4, -0.2) is 30.4 Å². The van der Waals surface area contributed by atoms with Gasteiger partial charge in [-0.25, -0.2) is 4.68 Å². The van der Waals surface area contributed by atoms with Crippen LogP contribution in [0.15, 0.2) is 65.6 Å². The van der Waals surface area contributed by atoms with Crippen LogP contribution in [0.3, 0.4) is 0 Å². The van der Waals surface area contributed by atoms with Crippen LogP contribution in [0.25, 0.3) is 16.6 Å². The van der Waals surface area contributed by atoms with Gasteiger partial charge in [-0.1, -0.05) is 12.1 Å². The number of anilines is 1. The Hall–Kier alpha value is -4.34. The minimum atomic E-state index is -0.484. The summed E-state index contributed by atoms with van der Waals surface area (Å²) < 4.78 is 2.94. The van der Waals surface area contributed by atoms with E-state index in [1.165, 1.54) is 27.7 Å². The van der Waals surface area contributed by atoms with Crippen molar-refractivity contribution in [3.05, 3.63) is 86.8 Å². The molecular weight excluding hydrogens is 388 g/mol. The van der Waals surface area contributed by atoms with Crippen LogP contribution < -0.4 is 10.7 Å². The third kappa shape index (κ3) is 3.65. The molecule has 0 aliphatic rings. The summed E-state index contributed by atoms with van der Waals surface area (Å²) in [6, 6.07) is 14.5. The predicted octanol–water partition coefficient (Wildman–Crippen LogP) is 2.44. The highest BCUT2D eigenvalue weighted by Gasteiger charge is 2.14. The summed E-state index contributed by atoms with van der Waals surface area (Å²) >= 11 is 0. The van der Waals surface area contributed by atoms with Gasteiger partial charge in [-0.3, -0.25) is 24.4 Å². The second kappa shape index (κ2) is 7.59. The van der Waals surface area contributed by atoms with Crippen molar-refractivity contribution in [1.82, 2.24) is 19.6 Å². The molecule has 0 aliphatic heterocycles. The summed E-state index contributed by atoms with van der Waals surface area (Å²) in [5.74, 6) is 0.0519. The normalized spacial score (nSPS) is 10.8. The lowest BCUT2D eigenvalue weighted by molar-refractivity contribution is -0.384. The van der Waals surface area contributed by atoms with Gasteiger partial charge in [-0.2, -0.15) is 10.2 Å². The van der Waals surface area contributed by atoms with Gasteiger partial charge in [0.25, 0.3) is 5.69 Å². The largest absolute Gasteiger partial charge is 0.309 e. The zero-order chi connectivity index (χ0) is 21.3. The summed E-state index contributed by atoms with van der Waals surface area (Å²) in [7, 11) is 0. The average molecular weight is 404 g/mol. The van der Waals surface area contributed by atoms with Crippen molar-refractivity contribution >= 4 is 28.3 Å². The monoisotopic (exact) mass is 404 g/mol. The van der Waals surface area contributed by atoms with Crippen molar-refractivity contribution in [3.63, 3.8) is 0 Å². The maximum atomic E-state index is 12.7. The lowest BCUT2D eigenvalue weighted by Crippen LogP contribution is -2.23. The number of carbonyl (C=O) groups excluding carboxylic acids is 1. The second-order valence-electron chi connectivity index (χ2n) is 6.59. The molecule has 0 atom stereocenters. The molecule has 0 spiro atoms. The van der Waals surface area contributed by atoms with Crippen molar-refractivity contribution in [3.8, 4) is 5.69 Å². The van der Waals surface area contributed by atoms with Gasteiger partial charge in [-0.15, -0.1) is 0 Å². The van der Waals surface area contributed by atoms with Gasteiger partial charge in [-0.05, 0) is 31.2 Å². The van der Waals surface area contributed by atoms with E-state index < -0.39 is 4.92 Å². The number of nitro benzene ring substituents is 1. The topological polar surface area (TPSA) is 125 Å². The molecule has 30 heavy (non-hydrogen) atoms. The van der Waals surface area contributed by atoms with E-state index in [0.29, 0.717) is 28.1 Å². The molecule has 4 aromatic rings. The second-order valence-corrected chi connectivity index (χ2v) is 6.59. The summed E-state index contributed by atoms with van der Waals surface area (Å²) in [5, 5.41) is 22.5. The smallest absolute Gasteiger partial charge is 0.269 e. The van der Waals surface area contributed by atoms with Crippen molar-refractivity contribution in [2.24, 2.45) is 0 Å². The zero-order valence-corrected chi connectivity index (χ0v) is 15.8. The number of fused-ring (bicyclic) bond motifs is 1. The molecule has 0 bridgehead atoms. The third-order valence-electron chi connectivity index (χ3n) is 4.46. The Labute approximate surface area is 169 Å². The molecule has 10 nitrogen and oxygen atoms in total. The van der Waals surface area contributed by atoms with E-state index in [2.05, 4.69) is 15.5 Å². The van der Waals surface area contributed by atoms with Gasteiger partial charge in [0, 0.05) is 23.6 Å². The van der Waals surface area contributed by atoms with Gasteiger partial charge in [0.05, 0.1) is 28.0 Å².